The van der Waals surface area contributed by atoms with Gasteiger partial charge in [0.15, 0.2) is 0 Å². The molecule has 0 atom stereocenters. The molecule has 0 fully saturated rings. The lowest BCUT2D eigenvalue weighted by molar-refractivity contribution is 0.0955. The number of benzene rings is 1. The number of aromatic nitrogens is 1. The summed E-state index contributed by atoms with van der Waals surface area (Å²) in [6.07, 6.45) is 4.46. The van der Waals surface area contributed by atoms with E-state index in [2.05, 4.69) is 20.7 Å². The number of hydrazone groups is 1. The predicted molar refractivity (Wildman–Crippen MR) is 71.2 cm³/mol. The van der Waals surface area contributed by atoms with Crippen LogP contribution in [-0.2, 0) is 0 Å². The van der Waals surface area contributed by atoms with Crippen LogP contribution < -0.4 is 5.43 Å². The second-order valence-electron chi connectivity index (χ2n) is 3.63. The van der Waals surface area contributed by atoms with E-state index >= 15 is 0 Å². The van der Waals surface area contributed by atoms with Gasteiger partial charge in [0.2, 0.25) is 0 Å². The Kier molecular flexibility index (Phi) is 4.07. The molecule has 0 spiro atoms. The first-order chi connectivity index (χ1) is 9.29. The quantitative estimate of drug-likeness (QED) is 0.516. The summed E-state index contributed by atoms with van der Waals surface area (Å²) in [5.74, 6) is -0.353. The van der Waals surface area contributed by atoms with Crippen molar-refractivity contribution in [3.63, 3.8) is 0 Å². The van der Waals surface area contributed by atoms with Crippen LogP contribution in [0.3, 0.4) is 0 Å². The lowest BCUT2D eigenvalue weighted by Gasteiger charge is -1.98. The molecule has 0 aliphatic rings. The molecule has 6 heteroatoms. The molecule has 0 aliphatic carbocycles. The first-order valence-corrected chi connectivity index (χ1v) is 5.46. The van der Waals surface area contributed by atoms with Gasteiger partial charge in [-0.05, 0) is 35.0 Å². The van der Waals surface area contributed by atoms with Gasteiger partial charge in [-0.1, -0.05) is 12.1 Å². The Bertz CT molecular complexity index is 611. The molecule has 1 aromatic heterocycles. The Hall–Kier alpha value is -2.89. The molecule has 0 saturated carbocycles. The van der Waals surface area contributed by atoms with Crippen molar-refractivity contribution in [3.05, 3.63) is 64.8 Å². The molecule has 6 nitrogen and oxygen atoms in total. The Morgan fingerprint density at radius 3 is 2.89 bits per heavy atom. The summed E-state index contributed by atoms with van der Waals surface area (Å²) in [6.45, 7) is 0. The van der Waals surface area contributed by atoms with E-state index in [-0.39, 0.29) is 5.91 Å². The second kappa shape index (κ2) is 6.15. The van der Waals surface area contributed by atoms with Gasteiger partial charge in [-0.2, -0.15) is 5.10 Å². The van der Waals surface area contributed by atoms with Crippen LogP contribution >= 0.6 is 0 Å². The molecule has 1 N–H and O–H groups in total. The van der Waals surface area contributed by atoms with Crippen molar-refractivity contribution in [2.75, 3.05) is 0 Å². The zero-order valence-corrected chi connectivity index (χ0v) is 9.85. The molecule has 2 aromatic rings. The Labute approximate surface area is 109 Å². The highest BCUT2D eigenvalue weighted by Gasteiger charge is 2.02. The van der Waals surface area contributed by atoms with E-state index in [1.807, 2.05) is 0 Å². The highest BCUT2D eigenvalue weighted by Crippen LogP contribution is 2.11. The number of amides is 1. The lowest BCUT2D eigenvalue weighted by Crippen LogP contribution is -2.17. The summed E-state index contributed by atoms with van der Waals surface area (Å²) in [5, 5.41) is 6.61. The van der Waals surface area contributed by atoms with Gasteiger partial charge in [-0.25, -0.2) is 5.43 Å². The Balaban J connectivity index is 2.00. The fourth-order valence-corrected chi connectivity index (χ4v) is 1.39. The summed E-state index contributed by atoms with van der Waals surface area (Å²) in [4.78, 5) is 25.8. The lowest BCUT2D eigenvalue weighted by atomic mass is 10.2. The van der Waals surface area contributed by atoms with Crippen LogP contribution in [0.5, 0.6) is 0 Å². The van der Waals surface area contributed by atoms with Crippen LogP contribution in [0.25, 0.3) is 0 Å². The summed E-state index contributed by atoms with van der Waals surface area (Å²) in [5.41, 5.74) is 3.76. The number of nitrogens with one attached hydrogen (secondary N) is 1. The maximum absolute atomic E-state index is 11.6. The summed E-state index contributed by atoms with van der Waals surface area (Å²) in [6, 6.07) is 9.87. The standard InChI is InChI=1S/C13H10N4O2/c18-13(11-4-2-6-14-9-11)16-15-8-10-3-1-5-12(7-10)17-19/h1-9H,(H,16,18)/b15-8+. The van der Waals surface area contributed by atoms with Gasteiger partial charge in [-0.3, -0.25) is 9.78 Å². The minimum Gasteiger partial charge on any atom is -0.267 e. The van der Waals surface area contributed by atoms with Crippen molar-refractivity contribution < 1.29 is 4.79 Å². The molecule has 0 aliphatic heterocycles. The van der Waals surface area contributed by atoms with Crippen LogP contribution in [0.15, 0.2) is 59.1 Å². The number of hydrogen-bond acceptors (Lipinski definition) is 5. The molecule has 94 valence electrons. The van der Waals surface area contributed by atoms with E-state index < -0.39 is 0 Å². The van der Waals surface area contributed by atoms with Crippen LogP contribution in [0.1, 0.15) is 15.9 Å². The Morgan fingerprint density at radius 1 is 1.26 bits per heavy atom. The highest BCUT2D eigenvalue weighted by molar-refractivity contribution is 5.94. The van der Waals surface area contributed by atoms with Gasteiger partial charge in [0.25, 0.3) is 5.91 Å². The first kappa shape index (κ1) is 12.6. The molecular weight excluding hydrogens is 244 g/mol. The SMILES string of the molecule is O=Nc1cccc(/C=N/NC(=O)c2cccnc2)c1. The topological polar surface area (TPSA) is 83.8 Å². The van der Waals surface area contributed by atoms with E-state index in [1.54, 1.807) is 42.6 Å². The van der Waals surface area contributed by atoms with E-state index in [0.29, 0.717) is 16.8 Å². The van der Waals surface area contributed by atoms with E-state index in [9.17, 15) is 9.70 Å². The van der Waals surface area contributed by atoms with Gasteiger partial charge in [0.1, 0.15) is 5.69 Å². The molecule has 19 heavy (non-hydrogen) atoms. The van der Waals surface area contributed by atoms with Crippen molar-refractivity contribution in [2.45, 2.75) is 0 Å². The fourth-order valence-electron chi connectivity index (χ4n) is 1.39. The molecule has 1 aromatic carbocycles. The van der Waals surface area contributed by atoms with E-state index in [0.717, 1.165) is 0 Å². The summed E-state index contributed by atoms with van der Waals surface area (Å²) >= 11 is 0. The number of nitrogens with zero attached hydrogens (tertiary/aromatic N) is 3. The first-order valence-electron chi connectivity index (χ1n) is 5.46. The second-order valence-corrected chi connectivity index (χ2v) is 3.63. The average Bonchev–Trinajstić information content (AvgIpc) is 2.48. The third-order valence-electron chi connectivity index (χ3n) is 2.28. The summed E-state index contributed by atoms with van der Waals surface area (Å²) in [7, 11) is 0. The number of pyridine rings is 1. The van der Waals surface area contributed by atoms with Crippen LogP contribution in [0, 0.1) is 4.91 Å². The van der Waals surface area contributed by atoms with Crippen molar-refractivity contribution in [1.29, 1.82) is 0 Å². The van der Waals surface area contributed by atoms with E-state index in [4.69, 9.17) is 0 Å². The minimum absolute atomic E-state index is 0.308. The van der Waals surface area contributed by atoms with Crippen LogP contribution in [0.4, 0.5) is 5.69 Å². The molecular formula is C13H10N4O2. The van der Waals surface area contributed by atoms with Crippen LogP contribution in [0.2, 0.25) is 0 Å². The van der Waals surface area contributed by atoms with Crippen molar-refractivity contribution >= 4 is 17.8 Å². The molecule has 2 rings (SSSR count). The Morgan fingerprint density at radius 2 is 2.16 bits per heavy atom. The monoisotopic (exact) mass is 254 g/mol. The third-order valence-corrected chi connectivity index (χ3v) is 2.28. The predicted octanol–water partition coefficient (Wildman–Crippen LogP) is 2.24. The van der Waals surface area contributed by atoms with Crippen molar-refractivity contribution in [2.24, 2.45) is 10.3 Å². The maximum atomic E-state index is 11.6. The molecule has 1 heterocycles. The van der Waals surface area contributed by atoms with Gasteiger partial charge in [0.05, 0.1) is 11.8 Å². The zero-order valence-electron chi connectivity index (χ0n) is 9.85. The van der Waals surface area contributed by atoms with Crippen LogP contribution in [-0.4, -0.2) is 17.1 Å². The molecule has 0 radical (unpaired) electrons. The van der Waals surface area contributed by atoms with Gasteiger partial charge < -0.3 is 0 Å². The molecule has 0 saturated heterocycles. The number of nitroso groups, excluding NO2 is 1. The fraction of sp³-hybridized carbons (Fsp3) is 0. The third kappa shape index (κ3) is 3.53. The average molecular weight is 254 g/mol. The van der Waals surface area contributed by atoms with E-state index in [1.165, 1.54) is 12.4 Å². The zero-order chi connectivity index (χ0) is 13.5. The molecule has 0 bridgehead atoms. The number of rotatable bonds is 4. The van der Waals surface area contributed by atoms with Gasteiger partial charge in [-0.15, -0.1) is 4.91 Å². The van der Waals surface area contributed by atoms with Crippen molar-refractivity contribution in [1.82, 2.24) is 10.4 Å². The van der Waals surface area contributed by atoms with Gasteiger partial charge >= 0.3 is 0 Å². The normalized spacial score (nSPS) is 10.3. The number of carbonyl (C=O) groups is 1. The summed E-state index contributed by atoms with van der Waals surface area (Å²) < 4.78 is 0. The maximum Gasteiger partial charge on any atom is 0.272 e. The largest absolute Gasteiger partial charge is 0.272 e. The van der Waals surface area contributed by atoms with Crippen molar-refractivity contribution in [3.8, 4) is 0 Å². The minimum atomic E-state index is -0.353. The molecule has 0 unspecified atom stereocenters. The smallest absolute Gasteiger partial charge is 0.267 e. The number of carbonyl (C=O) groups excluding carboxylic acids is 1. The molecule has 1 amide bonds. The number of hydrogen-bond donors (Lipinski definition) is 1. The highest BCUT2D eigenvalue weighted by atomic mass is 16.3. The van der Waals surface area contributed by atoms with Gasteiger partial charge in [0, 0.05) is 12.4 Å².